The minimum absolute atomic E-state index is 0.0608. The first-order valence-corrected chi connectivity index (χ1v) is 9.64. The molecule has 0 radical (unpaired) electrons. The number of nitrogens with zero attached hydrogens (tertiary/aromatic N) is 2. The smallest absolute Gasteiger partial charge is 0.358 e. The van der Waals surface area contributed by atoms with E-state index in [-0.39, 0.29) is 43.1 Å². The Hall–Kier alpha value is -1.27. The molecule has 2 heterocycles. The minimum Gasteiger partial charge on any atom is -0.464 e. The normalized spacial score (nSPS) is 10.0. The summed E-state index contributed by atoms with van der Waals surface area (Å²) in [6.45, 7) is 1.66. The first-order valence-electron chi connectivity index (χ1n) is 7.05. The standard InChI is InChI=1S/C8H8Cl2N2O2.C7H5Cl2IN2O2/c1-3-5(11)4(9)6(8(13)14-2)12-7(3)10;1-14-7(13)5-2(8)4(11)3(10)6(9)12-5/h1-2H3,(H2,11,12);1H3,(H2,11,12). The molecule has 0 aliphatic carbocycles. The molecule has 0 bridgehead atoms. The van der Waals surface area contributed by atoms with Gasteiger partial charge in [0, 0.05) is 5.56 Å². The highest BCUT2D eigenvalue weighted by Gasteiger charge is 2.20. The summed E-state index contributed by atoms with van der Waals surface area (Å²) in [7, 11) is 2.45. The molecule has 0 aliphatic rings. The molecule has 0 aromatic carbocycles. The summed E-state index contributed by atoms with van der Waals surface area (Å²) in [6, 6.07) is 0. The van der Waals surface area contributed by atoms with Crippen LogP contribution in [0.5, 0.6) is 0 Å². The zero-order chi connectivity index (χ0) is 21.8. The Morgan fingerprint density at radius 1 is 0.857 bits per heavy atom. The Bertz CT molecular complexity index is 868. The third-order valence-electron chi connectivity index (χ3n) is 3.20. The third kappa shape index (κ3) is 5.41. The van der Waals surface area contributed by atoms with E-state index in [4.69, 9.17) is 57.9 Å². The van der Waals surface area contributed by atoms with Crippen LogP contribution in [-0.2, 0) is 9.47 Å². The summed E-state index contributed by atoms with van der Waals surface area (Å²) >= 11 is 24.9. The number of pyridine rings is 2. The van der Waals surface area contributed by atoms with E-state index in [9.17, 15) is 9.59 Å². The fourth-order valence-corrected chi connectivity index (χ4v) is 3.03. The average molecular weight is 582 g/mol. The van der Waals surface area contributed by atoms with Gasteiger partial charge in [0.15, 0.2) is 11.4 Å². The lowest BCUT2D eigenvalue weighted by molar-refractivity contribution is 0.0585. The molecule has 0 amide bonds. The van der Waals surface area contributed by atoms with Crippen molar-refractivity contribution in [3.63, 3.8) is 0 Å². The quantitative estimate of drug-likeness (QED) is 0.303. The van der Waals surface area contributed by atoms with E-state index in [1.54, 1.807) is 6.92 Å². The van der Waals surface area contributed by atoms with Crippen molar-refractivity contribution in [3.05, 3.63) is 40.9 Å². The van der Waals surface area contributed by atoms with E-state index in [1.807, 2.05) is 22.6 Å². The number of nitrogen functional groups attached to an aromatic ring is 2. The van der Waals surface area contributed by atoms with Gasteiger partial charge in [0.05, 0.1) is 39.2 Å². The van der Waals surface area contributed by atoms with Crippen LogP contribution in [-0.4, -0.2) is 36.1 Å². The minimum atomic E-state index is -0.667. The number of rotatable bonds is 2. The van der Waals surface area contributed by atoms with Crippen molar-refractivity contribution in [1.82, 2.24) is 9.97 Å². The maximum Gasteiger partial charge on any atom is 0.358 e. The monoisotopic (exact) mass is 580 g/mol. The van der Waals surface area contributed by atoms with E-state index in [2.05, 4.69) is 19.4 Å². The van der Waals surface area contributed by atoms with E-state index in [1.165, 1.54) is 14.2 Å². The second-order valence-corrected chi connectivity index (χ2v) is 7.43. The second-order valence-electron chi connectivity index (χ2n) is 4.88. The van der Waals surface area contributed by atoms with Crippen molar-refractivity contribution < 1.29 is 19.1 Å². The molecule has 4 N–H and O–H groups in total. The number of methoxy groups -OCH3 is 2. The molecule has 2 rings (SSSR count). The second kappa shape index (κ2) is 10.5. The lowest BCUT2D eigenvalue weighted by Crippen LogP contribution is -2.08. The molecule has 0 unspecified atom stereocenters. The van der Waals surface area contributed by atoms with Crippen LogP contribution in [0.25, 0.3) is 0 Å². The maximum atomic E-state index is 11.2. The molecule has 0 saturated carbocycles. The van der Waals surface area contributed by atoms with Crippen molar-refractivity contribution in [2.75, 3.05) is 25.7 Å². The van der Waals surface area contributed by atoms with Crippen LogP contribution in [0.1, 0.15) is 26.5 Å². The molecule has 0 aliphatic heterocycles. The van der Waals surface area contributed by atoms with Crippen LogP contribution in [0.3, 0.4) is 0 Å². The Labute approximate surface area is 193 Å². The van der Waals surface area contributed by atoms with Gasteiger partial charge in [-0.15, -0.1) is 0 Å². The SMILES string of the molecule is COC(=O)c1nc(Cl)c(C)c(N)c1Cl.COC(=O)c1nc(Cl)c(I)c(N)c1Cl. The van der Waals surface area contributed by atoms with Gasteiger partial charge in [-0.3, -0.25) is 0 Å². The zero-order valence-corrected chi connectivity index (χ0v) is 19.8. The van der Waals surface area contributed by atoms with E-state index >= 15 is 0 Å². The Morgan fingerprint density at radius 3 is 1.68 bits per heavy atom. The number of carbonyl (C=O) groups excluding carboxylic acids is 2. The van der Waals surface area contributed by atoms with E-state index in [0.29, 0.717) is 9.13 Å². The molecular weight excluding hydrogens is 569 g/mol. The molecule has 0 fully saturated rings. The van der Waals surface area contributed by atoms with Crippen molar-refractivity contribution >= 4 is 92.3 Å². The Balaban J connectivity index is 0.000000280. The predicted molar refractivity (Wildman–Crippen MR) is 117 cm³/mol. The van der Waals surface area contributed by atoms with Gasteiger partial charge in [-0.05, 0) is 29.5 Å². The number of aromatic nitrogens is 2. The molecule has 0 saturated heterocycles. The number of carbonyl (C=O) groups is 2. The van der Waals surface area contributed by atoms with Crippen LogP contribution in [0, 0.1) is 10.5 Å². The maximum absolute atomic E-state index is 11.2. The van der Waals surface area contributed by atoms with Gasteiger partial charge in [0.25, 0.3) is 0 Å². The highest BCUT2D eigenvalue weighted by atomic mass is 127. The highest BCUT2D eigenvalue weighted by molar-refractivity contribution is 14.1. The Morgan fingerprint density at radius 2 is 1.25 bits per heavy atom. The zero-order valence-electron chi connectivity index (χ0n) is 14.6. The molecule has 0 spiro atoms. The number of hydrogen-bond donors (Lipinski definition) is 2. The van der Waals surface area contributed by atoms with Crippen molar-refractivity contribution in [2.45, 2.75) is 6.92 Å². The summed E-state index contributed by atoms with van der Waals surface area (Å²) in [5.41, 5.74) is 12.1. The van der Waals surface area contributed by atoms with E-state index < -0.39 is 11.9 Å². The van der Waals surface area contributed by atoms with Crippen LogP contribution < -0.4 is 11.5 Å². The lowest BCUT2D eigenvalue weighted by Gasteiger charge is -2.08. The summed E-state index contributed by atoms with van der Waals surface area (Å²) in [4.78, 5) is 29.9. The number of halogens is 5. The first kappa shape index (κ1) is 24.8. The summed E-state index contributed by atoms with van der Waals surface area (Å²) in [6.07, 6.45) is 0. The number of esters is 2. The van der Waals surface area contributed by atoms with Gasteiger partial charge in [-0.25, -0.2) is 19.6 Å². The van der Waals surface area contributed by atoms with Gasteiger partial charge in [0.2, 0.25) is 0 Å². The van der Waals surface area contributed by atoms with Crippen LogP contribution in [0.15, 0.2) is 0 Å². The summed E-state index contributed by atoms with van der Waals surface area (Å²) < 4.78 is 9.45. The van der Waals surface area contributed by atoms with Crippen LogP contribution >= 0.6 is 69.0 Å². The first-order chi connectivity index (χ1) is 13.0. The van der Waals surface area contributed by atoms with E-state index in [0.717, 1.165) is 0 Å². The molecule has 28 heavy (non-hydrogen) atoms. The predicted octanol–water partition coefficient (Wildman–Crippen LogP) is 4.43. The number of anilines is 2. The molecule has 13 heteroatoms. The average Bonchev–Trinajstić information content (AvgIpc) is 2.69. The van der Waals surface area contributed by atoms with Gasteiger partial charge in [0.1, 0.15) is 10.3 Å². The fourth-order valence-electron chi connectivity index (χ4n) is 1.63. The van der Waals surface area contributed by atoms with Gasteiger partial charge >= 0.3 is 11.9 Å². The number of hydrogen-bond acceptors (Lipinski definition) is 8. The van der Waals surface area contributed by atoms with Gasteiger partial charge in [-0.1, -0.05) is 46.4 Å². The largest absolute Gasteiger partial charge is 0.464 e. The molecule has 2 aromatic heterocycles. The molecule has 0 atom stereocenters. The van der Waals surface area contributed by atoms with Gasteiger partial charge in [-0.2, -0.15) is 0 Å². The van der Waals surface area contributed by atoms with Gasteiger partial charge < -0.3 is 20.9 Å². The Kier molecular flexibility index (Phi) is 9.28. The van der Waals surface area contributed by atoms with Crippen molar-refractivity contribution in [1.29, 1.82) is 0 Å². The molecule has 8 nitrogen and oxygen atoms in total. The van der Waals surface area contributed by atoms with Crippen LogP contribution in [0.4, 0.5) is 11.4 Å². The molecule has 2 aromatic rings. The van der Waals surface area contributed by atoms with Crippen molar-refractivity contribution in [3.8, 4) is 0 Å². The van der Waals surface area contributed by atoms with Crippen molar-refractivity contribution in [2.24, 2.45) is 0 Å². The highest BCUT2D eigenvalue weighted by Crippen LogP contribution is 2.32. The number of ether oxygens (including phenoxy) is 2. The summed E-state index contributed by atoms with van der Waals surface area (Å²) in [5.74, 6) is -1.33. The molecule has 152 valence electrons. The molecular formula is C15H13Cl4IN4O4. The fraction of sp³-hybridized carbons (Fsp3) is 0.200. The topological polar surface area (TPSA) is 130 Å². The summed E-state index contributed by atoms with van der Waals surface area (Å²) in [5, 5.41) is 0.407. The van der Waals surface area contributed by atoms with Crippen LogP contribution in [0.2, 0.25) is 20.4 Å². The third-order valence-corrected chi connectivity index (χ3v) is 6.01. The number of nitrogens with two attached hydrogens (primary N) is 2. The lowest BCUT2D eigenvalue weighted by atomic mass is 10.2.